The molecule has 0 saturated carbocycles. The van der Waals surface area contributed by atoms with Crippen molar-refractivity contribution in [3.05, 3.63) is 70.0 Å². The van der Waals surface area contributed by atoms with E-state index in [-0.39, 0.29) is 16.7 Å². The van der Waals surface area contributed by atoms with E-state index in [2.05, 4.69) is 12.1 Å². The molecule has 2 heterocycles. The molecule has 3 aromatic rings. The van der Waals surface area contributed by atoms with Crippen LogP contribution in [0.3, 0.4) is 0 Å². The second kappa shape index (κ2) is 8.41. The lowest BCUT2D eigenvalue weighted by Gasteiger charge is -2.30. The predicted molar refractivity (Wildman–Crippen MR) is 117 cm³/mol. The molecular formula is C23H25N3O2S. The lowest BCUT2D eigenvalue weighted by molar-refractivity contribution is -0.131. The first-order chi connectivity index (χ1) is 14.1. The summed E-state index contributed by atoms with van der Waals surface area (Å²) in [7, 11) is 0. The Morgan fingerprint density at radius 2 is 1.86 bits per heavy atom. The fourth-order valence-corrected chi connectivity index (χ4v) is 4.83. The van der Waals surface area contributed by atoms with E-state index in [1.54, 1.807) is 4.57 Å². The summed E-state index contributed by atoms with van der Waals surface area (Å²) >= 11 is 1.38. The molecule has 0 saturated heterocycles. The Morgan fingerprint density at radius 3 is 2.66 bits per heavy atom. The van der Waals surface area contributed by atoms with Crippen LogP contribution in [0.5, 0.6) is 0 Å². The standard InChI is InChI=1S/C23H25N3O2S/c1-3-13-26-22(28)19-10-6-7-11-20(19)24-23(26)29-16(2)21(27)25-14-12-17-8-4-5-9-18(17)15-25/h4-11,16H,3,12-15H2,1-2H3/t16-/m0/s1. The monoisotopic (exact) mass is 407 g/mol. The van der Waals surface area contributed by atoms with Crippen LogP contribution in [0.1, 0.15) is 31.4 Å². The average Bonchev–Trinajstić information content (AvgIpc) is 2.75. The maximum atomic E-state index is 13.1. The van der Waals surface area contributed by atoms with Crippen LogP contribution < -0.4 is 5.56 Å². The van der Waals surface area contributed by atoms with Crippen LogP contribution in [-0.2, 0) is 24.3 Å². The highest BCUT2D eigenvalue weighted by molar-refractivity contribution is 8.00. The van der Waals surface area contributed by atoms with E-state index in [9.17, 15) is 9.59 Å². The van der Waals surface area contributed by atoms with Crippen LogP contribution in [0.25, 0.3) is 10.9 Å². The first-order valence-electron chi connectivity index (χ1n) is 10.1. The second-order valence-electron chi connectivity index (χ2n) is 7.41. The van der Waals surface area contributed by atoms with Crippen molar-refractivity contribution in [3.63, 3.8) is 0 Å². The van der Waals surface area contributed by atoms with Crippen molar-refractivity contribution >= 4 is 28.6 Å². The molecule has 0 aliphatic carbocycles. The summed E-state index contributed by atoms with van der Waals surface area (Å²) < 4.78 is 1.71. The van der Waals surface area contributed by atoms with E-state index in [0.717, 1.165) is 19.4 Å². The molecule has 0 bridgehead atoms. The zero-order valence-electron chi connectivity index (χ0n) is 16.8. The third-order valence-corrected chi connectivity index (χ3v) is 6.42. The third kappa shape index (κ3) is 3.94. The first-order valence-corrected chi connectivity index (χ1v) is 11.0. The van der Waals surface area contributed by atoms with Crippen molar-refractivity contribution in [2.45, 2.75) is 50.2 Å². The third-order valence-electron chi connectivity index (χ3n) is 5.35. The van der Waals surface area contributed by atoms with E-state index in [1.165, 1.54) is 22.9 Å². The summed E-state index contributed by atoms with van der Waals surface area (Å²) in [6, 6.07) is 15.7. The molecule has 1 atom stereocenters. The Balaban J connectivity index is 1.58. The zero-order chi connectivity index (χ0) is 20.4. The Hall–Kier alpha value is -2.60. The molecule has 0 spiro atoms. The smallest absolute Gasteiger partial charge is 0.262 e. The summed E-state index contributed by atoms with van der Waals surface area (Å²) in [5.41, 5.74) is 3.19. The largest absolute Gasteiger partial charge is 0.337 e. The van der Waals surface area contributed by atoms with Crippen molar-refractivity contribution in [2.75, 3.05) is 6.54 Å². The van der Waals surface area contributed by atoms with Crippen LogP contribution in [-0.4, -0.2) is 32.2 Å². The number of nitrogens with zero attached hydrogens (tertiary/aromatic N) is 3. The molecule has 2 aromatic carbocycles. The number of para-hydroxylation sites is 1. The number of carbonyl (C=O) groups is 1. The fraction of sp³-hybridized carbons (Fsp3) is 0.348. The minimum absolute atomic E-state index is 0.0356. The maximum Gasteiger partial charge on any atom is 0.262 e. The van der Waals surface area contributed by atoms with Gasteiger partial charge in [-0.25, -0.2) is 4.98 Å². The van der Waals surface area contributed by atoms with E-state index >= 15 is 0 Å². The van der Waals surface area contributed by atoms with Gasteiger partial charge in [0, 0.05) is 19.6 Å². The molecule has 5 nitrogen and oxygen atoms in total. The highest BCUT2D eigenvalue weighted by Crippen LogP contribution is 2.26. The number of fused-ring (bicyclic) bond motifs is 2. The molecule has 29 heavy (non-hydrogen) atoms. The summed E-state index contributed by atoms with van der Waals surface area (Å²) in [6.07, 6.45) is 1.72. The van der Waals surface area contributed by atoms with Crippen LogP contribution in [0.15, 0.2) is 58.5 Å². The number of hydrogen-bond acceptors (Lipinski definition) is 4. The average molecular weight is 408 g/mol. The number of rotatable bonds is 5. The SMILES string of the molecule is CCCn1c(S[C@@H](C)C(=O)N2CCc3ccccc3C2)nc2ccccc2c1=O. The topological polar surface area (TPSA) is 55.2 Å². The van der Waals surface area contributed by atoms with Gasteiger partial charge in [0.2, 0.25) is 5.91 Å². The Labute approximate surface area is 174 Å². The number of carbonyl (C=O) groups excluding carboxylic acids is 1. The maximum absolute atomic E-state index is 13.1. The van der Waals surface area contributed by atoms with Crippen molar-refractivity contribution in [1.82, 2.24) is 14.5 Å². The van der Waals surface area contributed by atoms with Gasteiger partial charge in [-0.2, -0.15) is 0 Å². The summed E-state index contributed by atoms with van der Waals surface area (Å²) in [5.74, 6) is 0.0926. The van der Waals surface area contributed by atoms with Gasteiger partial charge in [-0.05, 0) is 43.0 Å². The fourth-order valence-electron chi connectivity index (χ4n) is 3.81. The van der Waals surface area contributed by atoms with Gasteiger partial charge in [0.1, 0.15) is 0 Å². The normalized spacial score (nSPS) is 14.6. The molecule has 150 valence electrons. The zero-order valence-corrected chi connectivity index (χ0v) is 17.6. The molecule has 0 radical (unpaired) electrons. The Bertz CT molecular complexity index is 1110. The Kier molecular flexibility index (Phi) is 5.72. The predicted octanol–water partition coefficient (Wildman–Crippen LogP) is 3.87. The van der Waals surface area contributed by atoms with Gasteiger partial charge < -0.3 is 4.90 Å². The van der Waals surface area contributed by atoms with E-state index < -0.39 is 0 Å². The van der Waals surface area contributed by atoms with E-state index in [4.69, 9.17) is 4.98 Å². The highest BCUT2D eigenvalue weighted by atomic mass is 32.2. The van der Waals surface area contributed by atoms with Gasteiger partial charge in [0.05, 0.1) is 16.2 Å². The van der Waals surface area contributed by atoms with Crippen molar-refractivity contribution in [2.24, 2.45) is 0 Å². The molecule has 0 N–H and O–H groups in total. The van der Waals surface area contributed by atoms with Gasteiger partial charge in [-0.3, -0.25) is 14.2 Å². The molecule has 6 heteroatoms. The molecule has 0 fully saturated rings. The lowest BCUT2D eigenvalue weighted by atomic mass is 10.00. The van der Waals surface area contributed by atoms with Crippen LogP contribution in [0.2, 0.25) is 0 Å². The van der Waals surface area contributed by atoms with Gasteiger partial charge in [-0.15, -0.1) is 0 Å². The molecule has 1 aliphatic heterocycles. The number of aromatic nitrogens is 2. The minimum Gasteiger partial charge on any atom is -0.337 e. The van der Waals surface area contributed by atoms with Crippen LogP contribution >= 0.6 is 11.8 Å². The van der Waals surface area contributed by atoms with Crippen LogP contribution in [0.4, 0.5) is 0 Å². The summed E-state index contributed by atoms with van der Waals surface area (Å²) in [6.45, 7) is 5.92. The quantitative estimate of drug-likeness (QED) is 0.476. The Morgan fingerprint density at radius 1 is 1.14 bits per heavy atom. The summed E-state index contributed by atoms with van der Waals surface area (Å²) in [5, 5.41) is 0.933. The number of hydrogen-bond donors (Lipinski definition) is 0. The second-order valence-corrected chi connectivity index (χ2v) is 8.71. The van der Waals surface area contributed by atoms with Crippen molar-refractivity contribution in [3.8, 4) is 0 Å². The highest BCUT2D eigenvalue weighted by Gasteiger charge is 2.26. The minimum atomic E-state index is -0.309. The lowest BCUT2D eigenvalue weighted by Crippen LogP contribution is -2.40. The molecule has 1 amide bonds. The van der Waals surface area contributed by atoms with E-state index in [0.29, 0.717) is 29.1 Å². The molecule has 1 aliphatic rings. The molecular weight excluding hydrogens is 382 g/mol. The number of amides is 1. The van der Waals surface area contributed by atoms with Gasteiger partial charge in [0.25, 0.3) is 5.56 Å². The van der Waals surface area contributed by atoms with Crippen molar-refractivity contribution in [1.29, 1.82) is 0 Å². The molecule has 1 aromatic heterocycles. The van der Waals surface area contributed by atoms with Crippen molar-refractivity contribution < 1.29 is 4.79 Å². The number of benzene rings is 2. The summed E-state index contributed by atoms with van der Waals surface area (Å²) in [4.78, 5) is 32.7. The van der Waals surface area contributed by atoms with Gasteiger partial charge >= 0.3 is 0 Å². The number of thioether (sulfide) groups is 1. The van der Waals surface area contributed by atoms with Crippen LogP contribution in [0, 0.1) is 0 Å². The van der Waals surface area contributed by atoms with E-state index in [1.807, 2.05) is 55.1 Å². The molecule has 0 unspecified atom stereocenters. The van der Waals surface area contributed by atoms with Gasteiger partial charge in [0.15, 0.2) is 5.16 Å². The van der Waals surface area contributed by atoms with Gasteiger partial charge in [-0.1, -0.05) is 55.1 Å². The first kappa shape index (κ1) is 19.7. The molecule has 4 rings (SSSR count).